The molecule has 13 atom stereocenters. The maximum Gasteiger partial charge on any atom is 0.376 e. The van der Waals surface area contributed by atoms with E-state index in [0.29, 0.717) is 97.6 Å². The average Bonchev–Trinajstić information content (AvgIpc) is 1.65. The summed E-state index contributed by atoms with van der Waals surface area (Å²) in [4.78, 5) is 16.0. The summed E-state index contributed by atoms with van der Waals surface area (Å²) in [6.07, 6.45) is 62.2. The van der Waals surface area contributed by atoms with Crippen molar-refractivity contribution in [3.63, 3.8) is 0 Å². The molecule has 9 rings (SSSR count). The van der Waals surface area contributed by atoms with Gasteiger partial charge >= 0.3 is 15.2 Å². The second-order valence-corrected chi connectivity index (χ2v) is 33.9. The largest absolute Gasteiger partial charge is 0.508 e. The van der Waals surface area contributed by atoms with Gasteiger partial charge in [0.2, 0.25) is 0 Å². The van der Waals surface area contributed by atoms with Gasteiger partial charge < -0.3 is 61.2 Å². The fraction of sp³-hybridized carbons (Fsp3) is 0.775. The molecular weight excluding hydrogens is 1400 g/mol. The summed E-state index contributed by atoms with van der Waals surface area (Å²) in [7, 11) is -5.87. The Morgan fingerprint density at radius 3 is 0.880 bits per heavy atom. The molecule has 3 aromatic rings. The molecule has 3 N–H and O–H groups in total. The van der Waals surface area contributed by atoms with Gasteiger partial charge in [0.1, 0.15) is 30.8 Å². The van der Waals surface area contributed by atoms with Crippen molar-refractivity contribution in [2.75, 3.05) is 33.2 Å². The zero-order chi connectivity index (χ0) is 80.5. The van der Waals surface area contributed by atoms with Crippen LogP contribution in [0.2, 0.25) is 0 Å². The zero-order valence-electron chi connectivity index (χ0n) is 70.8. The van der Waals surface area contributed by atoms with E-state index < -0.39 is 15.2 Å². The highest BCUT2D eigenvalue weighted by atomic mass is 31.2. The molecular formula is C89H160O17P2. The molecule has 6 aliphatic heterocycles. The molecule has 0 radical (unpaired) electrons. The van der Waals surface area contributed by atoms with Gasteiger partial charge in [-0.15, -0.1) is 0 Å². The maximum absolute atomic E-state index is 11.7. The Morgan fingerprint density at radius 2 is 0.602 bits per heavy atom. The number of ether oxygens (including phenoxy) is 6. The van der Waals surface area contributed by atoms with Crippen LogP contribution in [0.3, 0.4) is 0 Å². The van der Waals surface area contributed by atoms with E-state index in [2.05, 4.69) is 48.5 Å². The smallest absolute Gasteiger partial charge is 0.376 e. The topological polar surface area (TPSA) is 241 Å². The molecule has 6 fully saturated rings. The van der Waals surface area contributed by atoms with Gasteiger partial charge in [0.05, 0.1) is 87.0 Å². The van der Waals surface area contributed by atoms with Gasteiger partial charge in [0, 0.05) is 32.6 Å². The Labute approximate surface area is 659 Å². The second-order valence-electron chi connectivity index (χ2n) is 29.9. The number of epoxide rings is 6. The molecule has 3 aromatic carbocycles. The number of carbonyl (C=O) groups is 2. The van der Waals surface area contributed by atoms with Crippen LogP contribution in [-0.2, 0) is 56.2 Å². The van der Waals surface area contributed by atoms with E-state index in [1.165, 1.54) is 257 Å². The van der Waals surface area contributed by atoms with Gasteiger partial charge in [-0.05, 0) is 120 Å². The van der Waals surface area contributed by atoms with Crippen molar-refractivity contribution in [2.24, 2.45) is 0 Å². The van der Waals surface area contributed by atoms with Gasteiger partial charge in [-0.1, -0.05) is 297 Å². The van der Waals surface area contributed by atoms with Gasteiger partial charge in [-0.2, -0.15) is 0 Å². The molecule has 0 amide bonds. The minimum absolute atomic E-state index is 0.338. The number of carbonyl (C=O) groups excluding carboxylic acids is 2. The standard InChI is InChI=1S/C15H26O3.C15H28O2.C15H30O.C15H32.2C10H15O3P.C7H8O.2CH2O.H2O2/c1-2-3-4-5-6-7-12-14(17-12)9-15-13(18-15)8-11-10-16-11;1-3-5-6-7-8-10-13-15(17-13)11-14-12(16-14)9-4-2;1-3-5-7-9-11-13-15-14(16-15)12-10-8-6-4-2;1-3-5-7-9-11-13-15-14-12-10-8-6-4-2;2*1-4-12-14(3,11)13-10-7-5-6-9(2)8-10;1-6-3-2-4-7(8)5-6;3*1-2/h11-15H,2-10H2,1H3;12-15H,3-11H2,1-2H3;14-15H,3-13H2,1-2H3;3-15H2,1-2H3;2*5-8H,4H2,1-3H3;2-5,8H,1H3;2*1H2;1-2H. The molecule has 0 saturated carbocycles. The quantitative estimate of drug-likeness (QED) is 0.0156. The lowest BCUT2D eigenvalue weighted by Crippen LogP contribution is -2.03. The second kappa shape index (κ2) is 69.0. The van der Waals surface area contributed by atoms with Crippen LogP contribution in [-0.4, -0.2) is 129 Å². The molecule has 6 aliphatic rings. The van der Waals surface area contributed by atoms with E-state index >= 15 is 0 Å². The fourth-order valence-corrected chi connectivity index (χ4v) is 15.0. The Kier molecular flexibility index (Phi) is 66.7. The molecule has 0 aliphatic carbocycles. The van der Waals surface area contributed by atoms with Crippen molar-refractivity contribution in [3.05, 3.63) is 89.5 Å². The number of aryl methyl sites for hydroxylation is 3. The van der Waals surface area contributed by atoms with Crippen molar-refractivity contribution < 1.29 is 80.9 Å². The predicted molar refractivity (Wildman–Crippen MR) is 448 cm³/mol. The summed E-state index contributed by atoms with van der Waals surface area (Å²) in [5.74, 6) is 1.51. The fourth-order valence-electron chi connectivity index (χ4n) is 13.0. The molecule has 628 valence electrons. The molecule has 6 heterocycles. The molecule has 0 aromatic heterocycles. The third-order valence-electron chi connectivity index (χ3n) is 19.4. The minimum atomic E-state index is -2.93. The third kappa shape index (κ3) is 61.0. The SMILES string of the molecule is C=O.C=O.CCCCCCCC1OC1CC1OC1CC1CO1.CCCCCCCC1OC1CC1OC1CCC.CCCCCCCC1OC1CCCCCC.CCCCCCCCCCCCCCC.CCOP(C)(=O)Oc1cccc(C)c1.CCOP(C)(=O)Oc1cccc(C)c1.Cc1cccc(O)c1.OO. The minimum Gasteiger partial charge on any atom is -0.508 e. The van der Waals surface area contributed by atoms with Gasteiger partial charge in [-0.3, -0.25) is 10.5 Å². The van der Waals surface area contributed by atoms with E-state index in [-0.39, 0.29) is 0 Å². The van der Waals surface area contributed by atoms with E-state index in [9.17, 15) is 9.13 Å². The van der Waals surface area contributed by atoms with Crippen LogP contribution in [0.15, 0.2) is 72.8 Å². The lowest BCUT2D eigenvalue weighted by molar-refractivity contribution is -0.176. The summed E-state index contributed by atoms with van der Waals surface area (Å²) < 4.78 is 77.5. The van der Waals surface area contributed by atoms with Crippen molar-refractivity contribution in [1.29, 1.82) is 0 Å². The summed E-state index contributed by atoms with van der Waals surface area (Å²) >= 11 is 0. The highest BCUT2D eigenvalue weighted by Gasteiger charge is 2.50. The van der Waals surface area contributed by atoms with Gasteiger partial charge in [-0.25, -0.2) is 9.13 Å². The number of unbranched alkanes of at least 4 members (excludes halogenated alkanes) is 27. The van der Waals surface area contributed by atoms with Crippen LogP contribution in [0.1, 0.15) is 342 Å². The molecule has 17 nitrogen and oxygen atoms in total. The van der Waals surface area contributed by atoms with Gasteiger partial charge in [0.25, 0.3) is 0 Å². The molecule has 108 heavy (non-hydrogen) atoms. The van der Waals surface area contributed by atoms with Crippen LogP contribution in [0.5, 0.6) is 17.2 Å². The summed E-state index contributed by atoms with van der Waals surface area (Å²) in [6, 6.07) is 22.0. The number of aromatic hydroxyl groups is 1. The predicted octanol–water partition coefficient (Wildman–Crippen LogP) is 26.1. The van der Waals surface area contributed by atoms with Crippen LogP contribution in [0.4, 0.5) is 0 Å². The van der Waals surface area contributed by atoms with Crippen molar-refractivity contribution in [1.82, 2.24) is 0 Å². The lowest BCUT2D eigenvalue weighted by atomic mass is 10.0. The first kappa shape index (κ1) is 104. The molecule has 13 unspecified atom stereocenters. The Hall–Kier alpha value is -3.54. The van der Waals surface area contributed by atoms with E-state index in [0.717, 1.165) is 42.6 Å². The summed E-state index contributed by atoms with van der Waals surface area (Å²) in [5.41, 5.74) is 3.22. The highest BCUT2D eigenvalue weighted by Crippen LogP contribution is 2.46. The first-order valence-corrected chi connectivity index (χ1v) is 46.7. The van der Waals surface area contributed by atoms with E-state index in [4.69, 9.17) is 71.7 Å². The van der Waals surface area contributed by atoms with Crippen molar-refractivity contribution in [2.45, 2.75) is 413 Å². The third-order valence-corrected chi connectivity index (χ3v) is 22.0. The number of hydrogen-bond donors (Lipinski definition) is 3. The normalized spacial score (nSPS) is 21.9. The molecule has 19 heteroatoms. The summed E-state index contributed by atoms with van der Waals surface area (Å²) in [5, 5.41) is 20.8. The number of hydrogen-bond acceptors (Lipinski definition) is 17. The van der Waals surface area contributed by atoms with Crippen LogP contribution in [0.25, 0.3) is 0 Å². The van der Waals surface area contributed by atoms with E-state index in [1.54, 1.807) is 38.1 Å². The van der Waals surface area contributed by atoms with Crippen LogP contribution < -0.4 is 9.05 Å². The number of phenolic OH excluding ortho intramolecular Hbond substituents is 1. The van der Waals surface area contributed by atoms with Gasteiger partial charge in [0.15, 0.2) is 0 Å². The summed E-state index contributed by atoms with van der Waals surface area (Å²) in [6.45, 7) is 34.0. The number of rotatable bonds is 51. The monoisotopic (exact) mass is 1560 g/mol. The Bertz CT molecular complexity index is 2510. The highest BCUT2D eigenvalue weighted by molar-refractivity contribution is 7.53. The first-order chi connectivity index (χ1) is 52.4. The van der Waals surface area contributed by atoms with Crippen molar-refractivity contribution in [3.8, 4) is 17.2 Å². The maximum atomic E-state index is 11.7. The van der Waals surface area contributed by atoms with Crippen molar-refractivity contribution >= 4 is 28.8 Å². The average molecular weight is 1560 g/mol. The molecule has 0 spiro atoms. The number of benzene rings is 3. The lowest BCUT2D eigenvalue weighted by Gasteiger charge is -2.14. The molecule has 0 bridgehead atoms. The zero-order valence-corrected chi connectivity index (χ0v) is 72.5. The van der Waals surface area contributed by atoms with Crippen LogP contribution >= 0.6 is 15.2 Å². The Balaban J connectivity index is 0.00000123. The first-order valence-electron chi connectivity index (χ1n) is 42.8. The Morgan fingerprint density at radius 1 is 0.352 bits per heavy atom. The number of phenols is 1. The van der Waals surface area contributed by atoms with Crippen LogP contribution in [0, 0.1) is 20.8 Å². The van der Waals surface area contributed by atoms with E-state index in [1.807, 2.05) is 82.9 Å². The molecule has 6 saturated heterocycles.